The second kappa shape index (κ2) is 8.37. The molecule has 0 saturated carbocycles. The van der Waals surface area contributed by atoms with Crippen LogP contribution < -0.4 is 4.31 Å². The molecule has 0 bridgehead atoms. The third-order valence-electron chi connectivity index (χ3n) is 7.29. The van der Waals surface area contributed by atoms with Crippen LogP contribution in [0.25, 0.3) is 5.57 Å². The van der Waals surface area contributed by atoms with Crippen molar-refractivity contribution >= 4 is 28.4 Å². The fraction of sp³-hybridized carbons (Fsp3) is 0.286. The van der Waals surface area contributed by atoms with Crippen LogP contribution in [0, 0.1) is 6.92 Å². The fourth-order valence-electron chi connectivity index (χ4n) is 4.57. The number of hydrogen-bond donors (Lipinski definition) is 0. The zero-order valence-corrected chi connectivity index (χ0v) is 21.6. The molecule has 0 spiro atoms. The number of aryl methyl sites for hydroxylation is 1. The van der Waals surface area contributed by atoms with E-state index >= 15 is 0 Å². The summed E-state index contributed by atoms with van der Waals surface area (Å²) in [5.74, 6) is 0. The van der Waals surface area contributed by atoms with Gasteiger partial charge in [-0.25, -0.2) is 8.42 Å². The van der Waals surface area contributed by atoms with E-state index < -0.39 is 28.3 Å². The molecule has 3 aromatic carbocycles. The van der Waals surface area contributed by atoms with Gasteiger partial charge >= 0.3 is 7.12 Å². The van der Waals surface area contributed by atoms with Crippen molar-refractivity contribution in [1.29, 1.82) is 0 Å². The van der Waals surface area contributed by atoms with Gasteiger partial charge in [0.15, 0.2) is 0 Å². The van der Waals surface area contributed by atoms with E-state index in [0.29, 0.717) is 5.69 Å². The predicted octanol–water partition coefficient (Wildman–Crippen LogP) is 5.64. The second-order valence-electron chi connectivity index (χ2n) is 10.2. The van der Waals surface area contributed by atoms with Crippen molar-refractivity contribution in [3.8, 4) is 0 Å². The summed E-state index contributed by atoms with van der Waals surface area (Å²) < 4.78 is 42.3. The molecule has 0 atom stereocenters. The monoisotopic (exact) mass is 487 g/mol. The Labute approximate surface area is 208 Å². The molecule has 3 aromatic rings. The van der Waals surface area contributed by atoms with Gasteiger partial charge in [-0.2, -0.15) is 0 Å². The lowest BCUT2D eigenvalue weighted by Gasteiger charge is -2.34. The lowest BCUT2D eigenvalue weighted by atomic mass is 9.70. The first-order chi connectivity index (χ1) is 16.5. The Morgan fingerprint density at radius 1 is 0.800 bits per heavy atom. The smallest absolute Gasteiger partial charge is 0.400 e. The molecule has 2 aliphatic rings. The first kappa shape index (κ1) is 23.9. The highest BCUT2D eigenvalue weighted by Gasteiger charge is 2.54. The van der Waals surface area contributed by atoms with Gasteiger partial charge in [-0.05, 0) is 69.4 Å². The Balaban J connectivity index is 1.72. The Bertz CT molecular complexity index is 1380. The number of para-hydroxylation sites is 1. The van der Waals surface area contributed by atoms with E-state index in [4.69, 9.17) is 9.31 Å². The van der Waals surface area contributed by atoms with Gasteiger partial charge in [0, 0.05) is 5.56 Å². The molecule has 1 saturated heterocycles. The third kappa shape index (κ3) is 4.01. The number of fused-ring (bicyclic) bond motifs is 1. The molecule has 5 nitrogen and oxygen atoms in total. The summed E-state index contributed by atoms with van der Waals surface area (Å²) in [7, 11) is -4.51. The highest BCUT2D eigenvalue weighted by molar-refractivity contribution is 7.92. The molecule has 0 unspecified atom stereocenters. The van der Waals surface area contributed by atoms with Crippen molar-refractivity contribution in [2.24, 2.45) is 0 Å². The van der Waals surface area contributed by atoms with E-state index in [-0.39, 0.29) is 11.4 Å². The van der Waals surface area contributed by atoms with Crippen LogP contribution in [0.3, 0.4) is 0 Å². The van der Waals surface area contributed by atoms with Gasteiger partial charge in [0.05, 0.1) is 28.3 Å². The Kier molecular flexibility index (Phi) is 5.70. The first-order valence-corrected chi connectivity index (χ1v) is 13.3. The molecule has 35 heavy (non-hydrogen) atoms. The zero-order valence-electron chi connectivity index (χ0n) is 20.8. The maximum Gasteiger partial charge on any atom is 0.493 e. The van der Waals surface area contributed by atoms with E-state index in [9.17, 15) is 8.42 Å². The van der Waals surface area contributed by atoms with E-state index in [1.165, 1.54) is 4.31 Å². The maximum atomic E-state index is 13.9. The van der Waals surface area contributed by atoms with E-state index in [0.717, 1.165) is 27.7 Å². The van der Waals surface area contributed by atoms with Gasteiger partial charge in [0.2, 0.25) is 0 Å². The minimum absolute atomic E-state index is 0.133. The number of rotatable bonds is 4. The molecule has 0 radical (unpaired) electrons. The standard InChI is InChI=1S/C28H30BNO4S/c1-20-15-17-22(18-16-20)35(31,32)30-19-24(29-33-27(2,3)28(4,5)34-29)26(21-11-7-6-8-12-21)23-13-9-10-14-25(23)30/h6-18H,19H2,1-5H3. The average molecular weight is 487 g/mol. The van der Waals surface area contributed by atoms with Crippen molar-refractivity contribution in [3.05, 3.63) is 101 Å². The summed E-state index contributed by atoms with van der Waals surface area (Å²) in [6, 6.07) is 24.7. The van der Waals surface area contributed by atoms with Crippen molar-refractivity contribution in [2.45, 2.75) is 50.7 Å². The van der Waals surface area contributed by atoms with Gasteiger partial charge in [-0.15, -0.1) is 0 Å². The summed E-state index contributed by atoms with van der Waals surface area (Å²) in [6.45, 7) is 10.1. The lowest BCUT2D eigenvalue weighted by Crippen LogP contribution is -2.41. The summed E-state index contributed by atoms with van der Waals surface area (Å²) >= 11 is 0. The molecule has 1 fully saturated rings. The van der Waals surface area contributed by atoms with Crippen LogP contribution in [0.15, 0.2) is 89.2 Å². The molecule has 0 aromatic heterocycles. The normalized spacial score (nSPS) is 19.1. The third-order valence-corrected chi connectivity index (χ3v) is 9.06. The van der Waals surface area contributed by atoms with Crippen molar-refractivity contribution in [2.75, 3.05) is 10.8 Å². The van der Waals surface area contributed by atoms with Crippen molar-refractivity contribution < 1.29 is 17.7 Å². The molecule has 180 valence electrons. The number of nitrogens with zero attached hydrogens (tertiary/aromatic N) is 1. The van der Waals surface area contributed by atoms with Crippen LogP contribution in [-0.2, 0) is 19.3 Å². The largest absolute Gasteiger partial charge is 0.493 e. The predicted molar refractivity (Wildman–Crippen MR) is 141 cm³/mol. The molecule has 0 aliphatic carbocycles. The minimum Gasteiger partial charge on any atom is -0.400 e. The number of hydrogen-bond acceptors (Lipinski definition) is 4. The summed E-state index contributed by atoms with van der Waals surface area (Å²) in [4.78, 5) is 0.259. The zero-order chi connectivity index (χ0) is 25.0. The quantitative estimate of drug-likeness (QED) is 0.447. The highest BCUT2D eigenvalue weighted by atomic mass is 32.2. The van der Waals surface area contributed by atoms with Crippen LogP contribution in [-0.4, -0.2) is 33.3 Å². The van der Waals surface area contributed by atoms with Gasteiger partial charge < -0.3 is 9.31 Å². The van der Waals surface area contributed by atoms with Gasteiger partial charge in [-0.1, -0.05) is 66.2 Å². The molecule has 0 N–H and O–H groups in total. The second-order valence-corrected chi connectivity index (χ2v) is 12.1. The van der Waals surface area contributed by atoms with Crippen LogP contribution in [0.4, 0.5) is 5.69 Å². The summed E-state index contributed by atoms with van der Waals surface area (Å²) in [5, 5.41) is 0. The first-order valence-electron chi connectivity index (χ1n) is 11.8. The van der Waals surface area contributed by atoms with Crippen LogP contribution in [0.2, 0.25) is 0 Å². The Hall–Kier alpha value is -2.87. The number of benzene rings is 3. The molecular weight excluding hydrogens is 457 g/mol. The SMILES string of the molecule is Cc1ccc(S(=O)(=O)N2CC(B3OC(C)(C)C(C)(C)O3)=C(c3ccccc3)c3ccccc32)cc1. The molecule has 2 aliphatic heterocycles. The van der Waals surface area contributed by atoms with Gasteiger partial charge in [0.1, 0.15) is 0 Å². The molecule has 5 rings (SSSR count). The molecule has 7 heteroatoms. The van der Waals surface area contributed by atoms with E-state index in [2.05, 4.69) is 0 Å². The average Bonchev–Trinajstić information content (AvgIpc) is 3.05. The Morgan fingerprint density at radius 2 is 1.37 bits per heavy atom. The van der Waals surface area contributed by atoms with Crippen molar-refractivity contribution in [3.63, 3.8) is 0 Å². The van der Waals surface area contributed by atoms with Crippen LogP contribution >= 0.6 is 0 Å². The molecule has 0 amide bonds. The number of anilines is 1. The van der Waals surface area contributed by atoms with Crippen LogP contribution in [0.1, 0.15) is 44.4 Å². The highest BCUT2D eigenvalue weighted by Crippen LogP contribution is 2.46. The van der Waals surface area contributed by atoms with E-state index in [1.807, 2.05) is 101 Å². The molecular formula is C28H30BNO4S. The minimum atomic E-state index is -3.83. The van der Waals surface area contributed by atoms with E-state index in [1.54, 1.807) is 12.1 Å². The summed E-state index contributed by atoms with van der Waals surface area (Å²) in [5.41, 5.74) is 4.13. The van der Waals surface area contributed by atoms with Crippen molar-refractivity contribution in [1.82, 2.24) is 0 Å². The maximum absolute atomic E-state index is 13.9. The topological polar surface area (TPSA) is 55.8 Å². The van der Waals surface area contributed by atoms with Gasteiger partial charge in [0.25, 0.3) is 10.0 Å². The number of sulfonamides is 1. The van der Waals surface area contributed by atoms with Crippen LogP contribution in [0.5, 0.6) is 0 Å². The lowest BCUT2D eigenvalue weighted by molar-refractivity contribution is 0.00578. The molecule has 2 heterocycles. The summed E-state index contributed by atoms with van der Waals surface area (Å²) in [6.07, 6.45) is 0. The fourth-order valence-corrected chi connectivity index (χ4v) is 6.03. The Morgan fingerprint density at radius 3 is 2.00 bits per heavy atom. The van der Waals surface area contributed by atoms with Gasteiger partial charge in [-0.3, -0.25) is 4.31 Å².